The molecule has 1 saturated heterocycles. The van der Waals surface area contributed by atoms with E-state index in [1.54, 1.807) is 0 Å². The fourth-order valence-electron chi connectivity index (χ4n) is 1.42. The molecule has 1 aromatic rings. The van der Waals surface area contributed by atoms with E-state index in [1.807, 2.05) is 0 Å². The highest BCUT2D eigenvalue weighted by molar-refractivity contribution is 5.44. The molecule has 0 aliphatic carbocycles. The van der Waals surface area contributed by atoms with E-state index in [-0.39, 0.29) is 0 Å². The normalized spacial score (nSPS) is 17.2. The number of nitrogens with one attached hydrogen (secondary N) is 1. The summed E-state index contributed by atoms with van der Waals surface area (Å²) in [7, 11) is 0. The van der Waals surface area contributed by atoms with Crippen LogP contribution >= 0.6 is 0 Å². The van der Waals surface area contributed by atoms with E-state index in [0.717, 1.165) is 0 Å². The van der Waals surface area contributed by atoms with Crippen molar-refractivity contribution >= 4 is 5.69 Å². The van der Waals surface area contributed by atoms with Gasteiger partial charge in [0, 0.05) is 13.1 Å². The summed E-state index contributed by atoms with van der Waals surface area (Å²) in [5, 5.41) is 1.41. The molecule has 0 atom stereocenters. The van der Waals surface area contributed by atoms with Crippen LogP contribution in [0.3, 0.4) is 0 Å². The minimum atomic E-state index is -1.68. The van der Waals surface area contributed by atoms with E-state index in [4.69, 9.17) is 4.74 Å². The van der Waals surface area contributed by atoms with Crippen LogP contribution in [0.2, 0.25) is 0 Å². The molecule has 17 heavy (non-hydrogen) atoms. The molecule has 1 N–H and O–H groups in total. The Labute approximate surface area is 94.2 Å². The number of ether oxygens (including phenoxy) is 1. The molecule has 0 amide bonds. The number of aromatic nitrogens is 1. The van der Waals surface area contributed by atoms with Crippen LogP contribution in [-0.4, -0.2) is 36.3 Å². The number of hydrazine groups is 1. The minimum Gasteiger partial charge on any atom is -0.379 e. The Balaban J connectivity index is 2.24. The predicted molar refractivity (Wildman–Crippen MR) is 50.1 cm³/mol. The molecule has 4 nitrogen and oxygen atoms in total. The first-order chi connectivity index (χ1) is 8.09. The zero-order valence-electron chi connectivity index (χ0n) is 8.64. The van der Waals surface area contributed by atoms with Crippen molar-refractivity contribution in [2.75, 3.05) is 31.7 Å². The van der Waals surface area contributed by atoms with Gasteiger partial charge in [0.05, 0.1) is 13.2 Å². The monoisotopic (exact) mass is 251 g/mol. The van der Waals surface area contributed by atoms with Gasteiger partial charge in [-0.05, 0) is 0 Å². The van der Waals surface area contributed by atoms with Crippen molar-refractivity contribution in [2.45, 2.75) is 0 Å². The van der Waals surface area contributed by atoms with Crippen molar-refractivity contribution in [3.8, 4) is 0 Å². The third kappa shape index (κ3) is 2.47. The average molecular weight is 251 g/mol. The summed E-state index contributed by atoms with van der Waals surface area (Å²) in [6.45, 7) is 1.44. The average Bonchev–Trinajstić information content (AvgIpc) is 2.33. The second-order valence-electron chi connectivity index (χ2n) is 3.41. The van der Waals surface area contributed by atoms with Crippen LogP contribution in [0, 0.1) is 23.5 Å². The van der Waals surface area contributed by atoms with Crippen LogP contribution in [-0.2, 0) is 4.74 Å². The highest BCUT2D eigenvalue weighted by Gasteiger charge is 2.23. The molecule has 0 unspecified atom stereocenters. The number of halogens is 4. The molecule has 94 valence electrons. The van der Waals surface area contributed by atoms with Crippen molar-refractivity contribution < 1.29 is 22.3 Å². The summed E-state index contributed by atoms with van der Waals surface area (Å²) in [6, 6.07) is 0. The first-order valence-corrected chi connectivity index (χ1v) is 4.89. The van der Waals surface area contributed by atoms with Gasteiger partial charge in [-0.1, -0.05) is 0 Å². The molecule has 0 spiro atoms. The minimum absolute atomic E-state index is 0.352. The molecular formula is C9H9F4N3O. The maximum Gasteiger partial charge on any atom is 0.253 e. The molecule has 1 aliphatic rings. The number of rotatable bonds is 2. The maximum atomic E-state index is 13.2. The number of pyridine rings is 1. The van der Waals surface area contributed by atoms with Crippen LogP contribution < -0.4 is 5.43 Å². The predicted octanol–water partition coefficient (Wildman–Crippen LogP) is 1.30. The van der Waals surface area contributed by atoms with Crippen molar-refractivity contribution in [2.24, 2.45) is 0 Å². The van der Waals surface area contributed by atoms with Crippen LogP contribution in [0.25, 0.3) is 0 Å². The van der Waals surface area contributed by atoms with E-state index >= 15 is 0 Å². The molecule has 0 aromatic carbocycles. The van der Waals surface area contributed by atoms with E-state index in [9.17, 15) is 17.6 Å². The Morgan fingerprint density at radius 1 is 1.00 bits per heavy atom. The van der Waals surface area contributed by atoms with Gasteiger partial charge in [0.2, 0.25) is 11.6 Å². The third-order valence-corrected chi connectivity index (χ3v) is 2.28. The Morgan fingerprint density at radius 3 is 2.06 bits per heavy atom. The molecule has 2 heterocycles. The largest absolute Gasteiger partial charge is 0.379 e. The Morgan fingerprint density at radius 2 is 1.53 bits per heavy atom. The van der Waals surface area contributed by atoms with Crippen LogP contribution in [0.1, 0.15) is 0 Å². The van der Waals surface area contributed by atoms with Gasteiger partial charge >= 0.3 is 0 Å². The van der Waals surface area contributed by atoms with E-state index in [1.165, 1.54) is 5.01 Å². The summed E-state index contributed by atoms with van der Waals surface area (Å²) in [5.74, 6) is -6.45. The standard InChI is InChI=1S/C9H9F4N3O/c10-5-7(6(11)9(13)14-8(5)12)15-16-1-3-17-4-2-16/h1-4H2,(H,14,15). The summed E-state index contributed by atoms with van der Waals surface area (Å²) >= 11 is 0. The quantitative estimate of drug-likeness (QED) is 0.635. The molecule has 1 aromatic heterocycles. The van der Waals surface area contributed by atoms with Gasteiger partial charge in [-0.3, -0.25) is 0 Å². The topological polar surface area (TPSA) is 37.4 Å². The van der Waals surface area contributed by atoms with Gasteiger partial charge in [0.1, 0.15) is 5.69 Å². The summed E-state index contributed by atoms with van der Waals surface area (Å²) in [4.78, 5) is 2.46. The number of morpholine rings is 1. The zero-order chi connectivity index (χ0) is 12.4. The third-order valence-electron chi connectivity index (χ3n) is 2.28. The SMILES string of the molecule is Fc1nc(F)c(F)c(NN2CCOCC2)c1F. The highest BCUT2D eigenvalue weighted by Crippen LogP contribution is 2.22. The highest BCUT2D eigenvalue weighted by atomic mass is 19.2. The zero-order valence-corrected chi connectivity index (χ0v) is 8.64. The smallest absolute Gasteiger partial charge is 0.253 e. The lowest BCUT2D eigenvalue weighted by Gasteiger charge is -2.28. The first-order valence-electron chi connectivity index (χ1n) is 4.89. The van der Waals surface area contributed by atoms with Gasteiger partial charge in [0.25, 0.3) is 11.9 Å². The van der Waals surface area contributed by atoms with E-state index in [0.29, 0.717) is 26.3 Å². The van der Waals surface area contributed by atoms with Crippen molar-refractivity contribution in [1.29, 1.82) is 0 Å². The lowest BCUT2D eigenvalue weighted by molar-refractivity contribution is 0.0492. The van der Waals surface area contributed by atoms with Crippen LogP contribution in [0.4, 0.5) is 23.2 Å². The van der Waals surface area contributed by atoms with Gasteiger partial charge < -0.3 is 10.2 Å². The number of hydrogen-bond donors (Lipinski definition) is 1. The van der Waals surface area contributed by atoms with E-state index < -0.39 is 29.2 Å². The van der Waals surface area contributed by atoms with E-state index in [2.05, 4.69) is 10.4 Å². The maximum absolute atomic E-state index is 13.2. The van der Waals surface area contributed by atoms with Crippen LogP contribution in [0.5, 0.6) is 0 Å². The van der Waals surface area contributed by atoms with Gasteiger partial charge in [0.15, 0.2) is 0 Å². The number of anilines is 1. The number of nitrogens with zero attached hydrogens (tertiary/aromatic N) is 2. The molecule has 0 saturated carbocycles. The van der Waals surface area contributed by atoms with Crippen LogP contribution in [0.15, 0.2) is 0 Å². The lowest BCUT2D eigenvalue weighted by atomic mass is 10.3. The molecule has 2 rings (SSSR count). The summed E-state index contributed by atoms with van der Waals surface area (Å²) in [6.07, 6.45) is 0. The molecular weight excluding hydrogens is 242 g/mol. The summed E-state index contributed by atoms with van der Waals surface area (Å²) in [5.41, 5.74) is 1.40. The Kier molecular flexibility index (Phi) is 3.43. The molecule has 1 fully saturated rings. The number of hydrogen-bond acceptors (Lipinski definition) is 4. The van der Waals surface area contributed by atoms with Gasteiger partial charge in [-0.2, -0.15) is 22.5 Å². The second-order valence-corrected chi connectivity index (χ2v) is 3.41. The van der Waals surface area contributed by atoms with Crippen molar-refractivity contribution in [3.63, 3.8) is 0 Å². The molecule has 1 aliphatic heterocycles. The van der Waals surface area contributed by atoms with Crippen molar-refractivity contribution in [1.82, 2.24) is 9.99 Å². The molecule has 0 bridgehead atoms. The Bertz CT molecular complexity index is 397. The second kappa shape index (κ2) is 4.84. The molecule has 0 radical (unpaired) electrons. The van der Waals surface area contributed by atoms with Crippen molar-refractivity contribution in [3.05, 3.63) is 23.5 Å². The lowest BCUT2D eigenvalue weighted by Crippen LogP contribution is -2.40. The van der Waals surface area contributed by atoms with Gasteiger partial charge in [-0.15, -0.1) is 0 Å². The fourth-order valence-corrected chi connectivity index (χ4v) is 1.42. The summed E-state index contributed by atoms with van der Waals surface area (Å²) < 4.78 is 57.1. The van der Waals surface area contributed by atoms with Gasteiger partial charge in [-0.25, -0.2) is 5.01 Å². The molecule has 8 heteroatoms. The first kappa shape index (κ1) is 12.1. The Hall–Kier alpha value is -1.41. The fraction of sp³-hybridized carbons (Fsp3) is 0.444.